The van der Waals surface area contributed by atoms with Crippen molar-refractivity contribution in [2.45, 2.75) is 0 Å². The molecule has 2 heterocycles. The number of ether oxygens (including phenoxy) is 1. The first-order valence-electron chi connectivity index (χ1n) is 7.24. The number of rotatable bonds is 1. The van der Waals surface area contributed by atoms with E-state index in [1.54, 1.807) is 7.11 Å². The van der Waals surface area contributed by atoms with Gasteiger partial charge >= 0.3 is 0 Å². The van der Waals surface area contributed by atoms with Gasteiger partial charge in [0.05, 0.1) is 29.4 Å². The fourth-order valence-electron chi connectivity index (χ4n) is 3.33. The second-order valence-electron chi connectivity index (χ2n) is 5.46. The summed E-state index contributed by atoms with van der Waals surface area (Å²) < 4.78 is 5.73. The molecule has 0 amide bonds. The van der Waals surface area contributed by atoms with Crippen molar-refractivity contribution in [3.05, 3.63) is 65.3 Å². The Balaban J connectivity index is 1.94. The number of para-hydroxylation sites is 2. The maximum absolute atomic E-state index is 5.73. The van der Waals surface area contributed by atoms with Crippen molar-refractivity contribution < 1.29 is 4.74 Å². The van der Waals surface area contributed by atoms with Gasteiger partial charge in [-0.2, -0.15) is 0 Å². The minimum atomic E-state index is 0.817. The largest absolute Gasteiger partial charge is 0.494 e. The van der Waals surface area contributed by atoms with Crippen molar-refractivity contribution in [2.24, 2.45) is 9.98 Å². The van der Waals surface area contributed by atoms with Gasteiger partial charge in [-0.1, -0.05) is 36.4 Å². The van der Waals surface area contributed by atoms with Crippen LogP contribution in [0.1, 0.15) is 0 Å². The van der Waals surface area contributed by atoms with Crippen LogP contribution in [0.3, 0.4) is 0 Å². The Morgan fingerprint density at radius 3 is 2.23 bits per heavy atom. The van der Waals surface area contributed by atoms with E-state index >= 15 is 0 Å². The summed E-state index contributed by atoms with van der Waals surface area (Å²) in [6.07, 6.45) is 0. The molecule has 3 nitrogen and oxygen atoms in total. The van der Waals surface area contributed by atoms with Crippen molar-refractivity contribution in [3.8, 4) is 28.0 Å². The quantitative estimate of drug-likeness (QED) is 0.463. The molecule has 0 unspecified atom stereocenters. The molecule has 0 radical (unpaired) electrons. The van der Waals surface area contributed by atoms with Crippen LogP contribution in [0.2, 0.25) is 0 Å². The monoisotopic (exact) mass is 284 g/mol. The number of hydrogen-bond donors (Lipinski definition) is 0. The van der Waals surface area contributed by atoms with Gasteiger partial charge in [0, 0.05) is 16.7 Å². The zero-order chi connectivity index (χ0) is 14.7. The zero-order valence-corrected chi connectivity index (χ0v) is 12.0. The molecule has 22 heavy (non-hydrogen) atoms. The van der Waals surface area contributed by atoms with Crippen LogP contribution < -0.4 is 15.5 Å². The Hall–Kier alpha value is -2.94. The van der Waals surface area contributed by atoms with E-state index in [2.05, 4.69) is 18.2 Å². The second-order valence-corrected chi connectivity index (χ2v) is 5.46. The molecule has 2 aliphatic rings. The topological polar surface area (TPSA) is 34.0 Å². The average molecular weight is 284 g/mol. The van der Waals surface area contributed by atoms with E-state index in [-0.39, 0.29) is 0 Å². The van der Waals surface area contributed by atoms with Crippen LogP contribution in [0.5, 0.6) is 5.75 Å². The number of hydrogen-bond acceptors (Lipinski definition) is 3. The summed E-state index contributed by atoms with van der Waals surface area (Å²) in [5, 5.41) is 1.87. The summed E-state index contributed by atoms with van der Waals surface area (Å²) >= 11 is 0. The fourth-order valence-corrected chi connectivity index (χ4v) is 3.33. The van der Waals surface area contributed by atoms with Crippen LogP contribution >= 0.6 is 0 Å². The summed E-state index contributed by atoms with van der Waals surface area (Å²) in [6.45, 7) is 0. The predicted octanol–water partition coefficient (Wildman–Crippen LogP) is 3.56. The highest BCUT2D eigenvalue weighted by molar-refractivity contribution is 5.88. The van der Waals surface area contributed by atoms with Crippen LogP contribution in [0, 0.1) is 0 Å². The second kappa shape index (κ2) is 4.04. The third-order valence-electron chi connectivity index (χ3n) is 4.28. The Morgan fingerprint density at radius 2 is 1.45 bits per heavy atom. The zero-order valence-electron chi connectivity index (χ0n) is 12.0. The van der Waals surface area contributed by atoms with Crippen molar-refractivity contribution >= 4 is 11.4 Å². The summed E-state index contributed by atoms with van der Waals surface area (Å²) in [4.78, 5) is 9.52. The maximum atomic E-state index is 5.73. The van der Waals surface area contributed by atoms with E-state index in [9.17, 15) is 0 Å². The first-order valence-corrected chi connectivity index (χ1v) is 7.24. The molecule has 3 aromatic carbocycles. The van der Waals surface area contributed by atoms with Gasteiger partial charge in [0.15, 0.2) is 5.75 Å². The molecule has 0 N–H and O–H groups in total. The van der Waals surface area contributed by atoms with Crippen molar-refractivity contribution in [3.63, 3.8) is 0 Å². The van der Waals surface area contributed by atoms with Crippen LogP contribution in [-0.2, 0) is 0 Å². The van der Waals surface area contributed by atoms with Crippen molar-refractivity contribution in [1.82, 2.24) is 0 Å². The fraction of sp³-hybridized carbons (Fsp3) is 0.0526. The molecular weight excluding hydrogens is 272 g/mol. The molecule has 0 bridgehead atoms. The number of nitrogens with zero attached hydrogens (tertiary/aromatic N) is 2. The van der Waals surface area contributed by atoms with E-state index in [1.165, 1.54) is 0 Å². The molecule has 0 saturated heterocycles. The molecule has 104 valence electrons. The van der Waals surface area contributed by atoms with Gasteiger partial charge in [0.1, 0.15) is 5.36 Å². The summed E-state index contributed by atoms with van der Waals surface area (Å²) in [7, 11) is 1.70. The Bertz CT molecular complexity index is 1070. The minimum absolute atomic E-state index is 0.817. The lowest BCUT2D eigenvalue weighted by Gasteiger charge is -2.08. The van der Waals surface area contributed by atoms with E-state index in [0.717, 1.165) is 50.1 Å². The molecule has 0 spiro atoms. The molecule has 0 saturated carbocycles. The van der Waals surface area contributed by atoms with Crippen LogP contribution in [-0.4, -0.2) is 7.11 Å². The number of methoxy groups -OCH3 is 1. The molecule has 2 aliphatic heterocycles. The molecule has 5 rings (SSSR count). The van der Waals surface area contributed by atoms with Crippen molar-refractivity contribution in [1.29, 1.82) is 0 Å². The first-order chi connectivity index (χ1) is 10.9. The maximum Gasteiger partial charge on any atom is 0.155 e. The standard InChI is InChI=1S/C19H12N2O/c1-22-19-17-12-7-3-5-9-15(12)20-16(17)10-13-11-6-2-4-8-14(11)21-18(13)19/h2-10H,1H3. The molecule has 3 aromatic rings. The van der Waals surface area contributed by atoms with Crippen molar-refractivity contribution in [2.75, 3.05) is 7.11 Å². The molecule has 3 heteroatoms. The highest BCUT2D eigenvalue weighted by Crippen LogP contribution is 2.40. The number of benzene rings is 3. The SMILES string of the molecule is COc1c2c(cc3c1=Nc1ccccc1-3)=Nc1ccccc1-2. The van der Waals surface area contributed by atoms with Gasteiger partial charge < -0.3 is 4.74 Å². The van der Waals surface area contributed by atoms with E-state index in [4.69, 9.17) is 14.7 Å². The van der Waals surface area contributed by atoms with Crippen LogP contribution in [0.4, 0.5) is 11.4 Å². The van der Waals surface area contributed by atoms with Crippen LogP contribution in [0.25, 0.3) is 22.3 Å². The Labute approximate surface area is 127 Å². The van der Waals surface area contributed by atoms with E-state index < -0.39 is 0 Å². The average Bonchev–Trinajstić information content (AvgIpc) is 3.11. The smallest absolute Gasteiger partial charge is 0.155 e. The summed E-state index contributed by atoms with van der Waals surface area (Å²) in [6, 6.07) is 18.5. The van der Waals surface area contributed by atoms with Gasteiger partial charge in [0.2, 0.25) is 0 Å². The molecule has 0 fully saturated rings. The lowest BCUT2D eigenvalue weighted by Crippen LogP contribution is -2.15. The highest BCUT2D eigenvalue weighted by Gasteiger charge is 2.25. The van der Waals surface area contributed by atoms with Crippen LogP contribution in [0.15, 0.2) is 64.6 Å². The minimum Gasteiger partial charge on any atom is -0.494 e. The molecule has 0 aliphatic carbocycles. The van der Waals surface area contributed by atoms with E-state index in [1.807, 2.05) is 36.4 Å². The molecular formula is C19H12N2O. The summed E-state index contributed by atoms with van der Waals surface area (Å²) in [5.41, 5.74) is 6.39. The third kappa shape index (κ3) is 1.35. The number of fused-ring (bicyclic) bond motifs is 6. The Morgan fingerprint density at radius 1 is 0.773 bits per heavy atom. The van der Waals surface area contributed by atoms with Gasteiger partial charge in [-0.25, -0.2) is 9.98 Å². The Kier molecular flexibility index (Phi) is 2.15. The normalized spacial score (nSPS) is 12.6. The lowest BCUT2D eigenvalue weighted by molar-refractivity contribution is 0.411. The van der Waals surface area contributed by atoms with E-state index in [0.29, 0.717) is 0 Å². The molecule has 0 atom stereocenters. The lowest BCUT2D eigenvalue weighted by atomic mass is 9.99. The molecule has 0 aromatic heterocycles. The third-order valence-corrected chi connectivity index (χ3v) is 4.28. The van der Waals surface area contributed by atoms with Gasteiger partial charge in [0.25, 0.3) is 0 Å². The summed E-state index contributed by atoms with van der Waals surface area (Å²) in [5.74, 6) is 0.817. The predicted molar refractivity (Wildman–Crippen MR) is 85.5 cm³/mol. The van der Waals surface area contributed by atoms with Gasteiger partial charge in [-0.05, 0) is 18.2 Å². The van der Waals surface area contributed by atoms with Gasteiger partial charge in [-0.15, -0.1) is 0 Å². The first kappa shape index (κ1) is 11.7. The highest BCUT2D eigenvalue weighted by atomic mass is 16.5. The van der Waals surface area contributed by atoms with Gasteiger partial charge in [-0.3, -0.25) is 0 Å².